The smallest absolute Gasteiger partial charge is 0.317 e. The second-order valence-electron chi connectivity index (χ2n) is 10.2. The monoisotopic (exact) mass is 523 g/mol. The number of carbonyl (C=O) groups excluding carboxylic acids is 4. The first kappa shape index (κ1) is 25.8. The van der Waals surface area contributed by atoms with E-state index in [0.717, 1.165) is 19.3 Å². The molecule has 0 spiro atoms. The molecule has 2 atom stereocenters. The van der Waals surface area contributed by atoms with E-state index in [1.807, 2.05) is 6.08 Å². The number of nitrogens with zero attached hydrogens (tertiary/aromatic N) is 3. The van der Waals surface area contributed by atoms with Gasteiger partial charge in [0.05, 0.1) is 26.2 Å². The predicted octanol–water partition coefficient (Wildman–Crippen LogP) is 3.21. The third-order valence-electron chi connectivity index (χ3n) is 7.93. The molecular formula is C28H33N3O7. The highest BCUT2D eigenvalue weighted by Crippen LogP contribution is 2.49. The first-order valence-corrected chi connectivity index (χ1v) is 13.2. The van der Waals surface area contributed by atoms with Crippen LogP contribution in [0.25, 0.3) is 0 Å². The Morgan fingerprint density at radius 2 is 1.76 bits per heavy atom. The van der Waals surface area contributed by atoms with Crippen LogP contribution in [0.1, 0.15) is 54.8 Å². The Balaban J connectivity index is 1.33. The van der Waals surface area contributed by atoms with E-state index in [9.17, 15) is 19.2 Å². The van der Waals surface area contributed by atoms with Gasteiger partial charge in [0, 0.05) is 44.2 Å². The quantitative estimate of drug-likeness (QED) is 0.534. The molecule has 2 aromatic heterocycles. The largest absolute Gasteiger partial charge is 0.468 e. The minimum absolute atomic E-state index is 0.00829. The number of hydrogen-bond donors (Lipinski definition) is 0. The molecule has 2 fully saturated rings. The van der Waals surface area contributed by atoms with E-state index in [1.54, 1.807) is 45.2 Å². The summed E-state index contributed by atoms with van der Waals surface area (Å²) in [4.78, 5) is 58.1. The average molecular weight is 524 g/mol. The number of ether oxygens (including phenoxy) is 1. The van der Waals surface area contributed by atoms with Gasteiger partial charge in [-0.3, -0.25) is 19.2 Å². The number of fused-ring (bicyclic) bond motifs is 1. The van der Waals surface area contributed by atoms with Gasteiger partial charge in [0.1, 0.15) is 11.2 Å². The summed E-state index contributed by atoms with van der Waals surface area (Å²) in [5.74, 6) is -0.715. The Morgan fingerprint density at radius 1 is 1.03 bits per heavy atom. The van der Waals surface area contributed by atoms with Crippen LogP contribution < -0.4 is 0 Å². The van der Waals surface area contributed by atoms with Crippen molar-refractivity contribution in [2.75, 3.05) is 33.3 Å². The summed E-state index contributed by atoms with van der Waals surface area (Å²) >= 11 is 0. The number of rotatable bonds is 6. The van der Waals surface area contributed by atoms with E-state index in [-0.39, 0.29) is 48.8 Å². The lowest BCUT2D eigenvalue weighted by Crippen LogP contribution is -2.54. The summed E-state index contributed by atoms with van der Waals surface area (Å²) in [6.45, 7) is 1.70. The molecule has 0 N–H and O–H groups in total. The van der Waals surface area contributed by atoms with E-state index in [1.165, 1.54) is 13.4 Å². The maximum atomic E-state index is 13.8. The lowest BCUT2D eigenvalue weighted by Gasteiger charge is -2.46. The third kappa shape index (κ3) is 4.87. The molecule has 10 heteroatoms. The van der Waals surface area contributed by atoms with E-state index in [2.05, 4.69) is 0 Å². The molecular weight excluding hydrogens is 490 g/mol. The van der Waals surface area contributed by atoms with Crippen LogP contribution in [0.4, 0.5) is 0 Å². The number of methoxy groups -OCH3 is 1. The Labute approximate surface area is 221 Å². The number of furan rings is 2. The van der Waals surface area contributed by atoms with Crippen molar-refractivity contribution in [3.05, 3.63) is 60.1 Å². The number of esters is 1. The van der Waals surface area contributed by atoms with E-state index in [0.29, 0.717) is 44.1 Å². The number of piperidine rings is 1. The number of amides is 3. The fraction of sp³-hybridized carbons (Fsp3) is 0.500. The zero-order chi connectivity index (χ0) is 26.7. The van der Waals surface area contributed by atoms with E-state index >= 15 is 0 Å². The molecule has 3 amide bonds. The van der Waals surface area contributed by atoms with Crippen LogP contribution in [0.2, 0.25) is 0 Å². The summed E-state index contributed by atoms with van der Waals surface area (Å²) < 4.78 is 16.0. The molecule has 4 heterocycles. The lowest BCUT2D eigenvalue weighted by atomic mass is 9.69. The van der Waals surface area contributed by atoms with Crippen LogP contribution in [-0.4, -0.2) is 71.7 Å². The number of piperazine rings is 1. The minimum atomic E-state index is -0.981. The van der Waals surface area contributed by atoms with Crippen molar-refractivity contribution in [1.29, 1.82) is 0 Å². The van der Waals surface area contributed by atoms with E-state index < -0.39 is 11.3 Å². The fourth-order valence-corrected chi connectivity index (χ4v) is 5.98. The molecule has 2 aliphatic heterocycles. The first-order chi connectivity index (χ1) is 18.4. The number of hydrogen-bond acceptors (Lipinski definition) is 7. The Kier molecular flexibility index (Phi) is 7.40. The van der Waals surface area contributed by atoms with E-state index in [4.69, 9.17) is 13.6 Å². The highest BCUT2D eigenvalue weighted by molar-refractivity contribution is 5.93. The minimum Gasteiger partial charge on any atom is -0.468 e. The molecule has 5 rings (SSSR count). The molecule has 202 valence electrons. The summed E-state index contributed by atoms with van der Waals surface area (Å²) in [5, 5.41) is 0. The van der Waals surface area contributed by atoms with Crippen molar-refractivity contribution in [2.45, 2.75) is 45.1 Å². The first-order valence-electron chi connectivity index (χ1n) is 13.2. The zero-order valence-electron chi connectivity index (χ0n) is 21.6. The third-order valence-corrected chi connectivity index (χ3v) is 7.93. The van der Waals surface area contributed by atoms with Gasteiger partial charge in [-0.15, -0.1) is 0 Å². The topological polar surface area (TPSA) is 114 Å². The Hall–Kier alpha value is -3.82. The highest BCUT2D eigenvalue weighted by Gasteiger charge is 2.54. The fourth-order valence-electron chi connectivity index (χ4n) is 5.98. The van der Waals surface area contributed by atoms with Gasteiger partial charge in [-0.1, -0.05) is 12.5 Å². The Morgan fingerprint density at radius 3 is 2.45 bits per heavy atom. The summed E-state index contributed by atoms with van der Waals surface area (Å²) in [6, 6.07) is 6.84. The van der Waals surface area contributed by atoms with Crippen molar-refractivity contribution in [3.8, 4) is 0 Å². The van der Waals surface area contributed by atoms with Crippen molar-refractivity contribution < 1.29 is 32.7 Å². The molecule has 0 radical (unpaired) electrons. The molecule has 10 nitrogen and oxygen atoms in total. The maximum Gasteiger partial charge on any atom is 0.317 e. The van der Waals surface area contributed by atoms with Crippen LogP contribution in [-0.2, 0) is 25.7 Å². The molecule has 3 aliphatic rings. The van der Waals surface area contributed by atoms with Gasteiger partial charge < -0.3 is 28.3 Å². The molecule has 1 aliphatic carbocycles. The van der Waals surface area contributed by atoms with Gasteiger partial charge >= 0.3 is 5.97 Å². The average Bonchev–Trinajstić information content (AvgIpc) is 3.62. The van der Waals surface area contributed by atoms with Gasteiger partial charge in [0.25, 0.3) is 5.91 Å². The second kappa shape index (κ2) is 10.9. The SMILES string of the molecule is COC(=O)[C@]12CCCCC=C1N(Cc1ccco1)C(=O)[C@H](CC(=O)N1CCN(C(=O)c3ccco3)CC1)C2. The molecule has 0 saturated carbocycles. The number of likely N-dealkylation sites (tertiary alicyclic amines) is 1. The van der Waals surface area contributed by atoms with Gasteiger partial charge in [0.15, 0.2) is 5.76 Å². The molecule has 2 saturated heterocycles. The zero-order valence-corrected chi connectivity index (χ0v) is 21.6. The predicted molar refractivity (Wildman–Crippen MR) is 134 cm³/mol. The molecule has 2 aromatic rings. The van der Waals surface area contributed by atoms with Gasteiger partial charge in [-0.05, 0) is 49.9 Å². The summed E-state index contributed by atoms with van der Waals surface area (Å²) in [6.07, 6.45) is 8.28. The number of carbonyl (C=O) groups is 4. The van der Waals surface area contributed by atoms with Crippen LogP contribution in [0.3, 0.4) is 0 Å². The van der Waals surface area contributed by atoms with Gasteiger partial charge in [-0.25, -0.2) is 0 Å². The van der Waals surface area contributed by atoms with Crippen molar-refractivity contribution in [1.82, 2.24) is 14.7 Å². The van der Waals surface area contributed by atoms with Crippen LogP contribution in [0.5, 0.6) is 0 Å². The standard InChI is InChI=1S/C28H33N3O7/c1-36-27(35)28-10-4-2-3-9-23(28)31(19-21-7-5-15-37-21)25(33)20(18-28)17-24(32)29-11-13-30(14-12-29)26(34)22-8-6-16-38-22/h5-9,15-16,20H,2-4,10-14,17-19H2,1H3/t20-,28+/m1/s1. The maximum absolute atomic E-state index is 13.8. The Bertz CT molecular complexity index is 1200. The number of allylic oxidation sites excluding steroid dienone is 1. The van der Waals surface area contributed by atoms with Crippen LogP contribution in [0, 0.1) is 11.3 Å². The molecule has 0 unspecified atom stereocenters. The van der Waals surface area contributed by atoms with Gasteiger partial charge in [0.2, 0.25) is 11.8 Å². The molecule has 38 heavy (non-hydrogen) atoms. The summed E-state index contributed by atoms with van der Waals surface area (Å²) in [7, 11) is 1.37. The van der Waals surface area contributed by atoms with Crippen LogP contribution >= 0.6 is 0 Å². The van der Waals surface area contributed by atoms with Crippen molar-refractivity contribution in [3.63, 3.8) is 0 Å². The normalized spacial score (nSPS) is 23.9. The lowest BCUT2D eigenvalue weighted by molar-refractivity contribution is -0.160. The van der Waals surface area contributed by atoms with Crippen molar-refractivity contribution >= 4 is 23.7 Å². The van der Waals surface area contributed by atoms with Crippen molar-refractivity contribution in [2.24, 2.45) is 11.3 Å². The van der Waals surface area contributed by atoms with Gasteiger partial charge in [-0.2, -0.15) is 0 Å². The molecule has 0 aromatic carbocycles. The summed E-state index contributed by atoms with van der Waals surface area (Å²) in [5.41, 5.74) is -0.317. The highest BCUT2D eigenvalue weighted by atomic mass is 16.5. The second-order valence-corrected chi connectivity index (χ2v) is 10.2. The molecule has 0 bridgehead atoms. The van der Waals surface area contributed by atoms with Crippen LogP contribution in [0.15, 0.2) is 57.4 Å².